The molecule has 8 heteroatoms. The highest BCUT2D eigenvalue weighted by Crippen LogP contribution is 2.26. The topological polar surface area (TPSA) is 119 Å². The number of nitrogens with zero attached hydrogens (tertiary/aromatic N) is 3. The summed E-state index contributed by atoms with van der Waals surface area (Å²) in [5.74, 6) is 0.599. The Morgan fingerprint density at radius 2 is 2.14 bits per heavy atom. The first-order valence-electron chi connectivity index (χ1n) is 6.78. The molecule has 0 aliphatic heterocycles. The fourth-order valence-corrected chi connectivity index (χ4v) is 2.41. The molecule has 0 bridgehead atoms. The van der Waals surface area contributed by atoms with Crippen molar-refractivity contribution in [2.45, 2.75) is 25.3 Å². The zero-order valence-electron chi connectivity index (χ0n) is 11.3. The van der Waals surface area contributed by atoms with Crippen molar-refractivity contribution in [2.24, 2.45) is 11.7 Å². The van der Waals surface area contributed by atoms with E-state index in [0.717, 1.165) is 24.9 Å². The molecule has 0 radical (unpaired) electrons. The van der Waals surface area contributed by atoms with Crippen molar-refractivity contribution in [1.29, 1.82) is 0 Å². The predicted octanol–water partition coefficient (Wildman–Crippen LogP) is 1.06. The summed E-state index contributed by atoms with van der Waals surface area (Å²) >= 11 is 0. The Labute approximate surface area is 121 Å². The Morgan fingerprint density at radius 3 is 2.76 bits per heavy atom. The van der Waals surface area contributed by atoms with Crippen LogP contribution in [0.3, 0.4) is 0 Å². The van der Waals surface area contributed by atoms with Crippen molar-refractivity contribution >= 4 is 11.6 Å². The van der Waals surface area contributed by atoms with Gasteiger partial charge in [-0.2, -0.15) is 5.21 Å². The third kappa shape index (κ3) is 3.34. The molecule has 1 aromatic carbocycles. The van der Waals surface area contributed by atoms with Crippen molar-refractivity contribution < 1.29 is 9.53 Å². The van der Waals surface area contributed by atoms with E-state index < -0.39 is 0 Å². The molecule has 1 fully saturated rings. The summed E-state index contributed by atoms with van der Waals surface area (Å²) in [7, 11) is 0. The number of carbonyl (C=O) groups excluding carboxylic acids is 1. The van der Waals surface area contributed by atoms with Crippen LogP contribution in [0.15, 0.2) is 24.3 Å². The number of aromatic amines is 1. The number of tetrazole rings is 1. The van der Waals surface area contributed by atoms with E-state index in [1.165, 1.54) is 0 Å². The van der Waals surface area contributed by atoms with Gasteiger partial charge in [0.1, 0.15) is 5.75 Å². The lowest BCUT2D eigenvalue weighted by atomic mass is 10.1. The lowest BCUT2D eigenvalue weighted by Crippen LogP contribution is -2.23. The first kappa shape index (κ1) is 13.5. The number of nitrogens with two attached hydrogens (primary N) is 1. The minimum Gasteiger partial charge on any atom is -0.422 e. The molecule has 110 valence electrons. The molecule has 2 atom stereocenters. The van der Waals surface area contributed by atoms with E-state index in [1.54, 1.807) is 24.3 Å². The molecular formula is C13H16N6O2. The Morgan fingerprint density at radius 1 is 1.33 bits per heavy atom. The number of carbonyl (C=O) groups is 1. The first-order chi connectivity index (χ1) is 10.2. The molecular weight excluding hydrogens is 272 g/mol. The van der Waals surface area contributed by atoms with Gasteiger partial charge in [-0.15, -0.1) is 0 Å². The molecule has 1 amide bonds. The number of rotatable bonds is 4. The molecule has 4 N–H and O–H groups in total. The van der Waals surface area contributed by atoms with Crippen LogP contribution in [-0.4, -0.2) is 32.6 Å². The minimum atomic E-state index is 0.00950. The van der Waals surface area contributed by atoms with Gasteiger partial charge in [0.2, 0.25) is 5.91 Å². The summed E-state index contributed by atoms with van der Waals surface area (Å²) in [6.07, 6.45) is 2.52. The van der Waals surface area contributed by atoms with Gasteiger partial charge in [-0.25, -0.2) is 0 Å². The van der Waals surface area contributed by atoms with Gasteiger partial charge in [0.15, 0.2) is 0 Å². The van der Waals surface area contributed by atoms with Crippen LogP contribution in [0.4, 0.5) is 5.69 Å². The van der Waals surface area contributed by atoms with Crippen molar-refractivity contribution in [3.05, 3.63) is 24.3 Å². The number of ether oxygens (including phenoxy) is 1. The van der Waals surface area contributed by atoms with Crippen molar-refractivity contribution in [3.8, 4) is 11.8 Å². The molecule has 1 aromatic heterocycles. The molecule has 3 rings (SSSR count). The molecule has 8 nitrogen and oxygen atoms in total. The number of amides is 1. The molecule has 1 heterocycles. The molecule has 0 saturated heterocycles. The quantitative estimate of drug-likeness (QED) is 0.774. The van der Waals surface area contributed by atoms with Gasteiger partial charge in [-0.05, 0) is 48.7 Å². The van der Waals surface area contributed by atoms with E-state index in [9.17, 15) is 4.79 Å². The number of nitrogens with one attached hydrogen (secondary N) is 2. The lowest BCUT2D eigenvalue weighted by molar-refractivity contribution is -0.119. The summed E-state index contributed by atoms with van der Waals surface area (Å²) < 4.78 is 5.35. The number of H-pyrrole nitrogens is 1. The first-order valence-corrected chi connectivity index (χ1v) is 6.78. The standard InChI is InChI=1S/C13H16N6O2/c14-9-2-1-8(7-9)12(20)15-10-3-5-11(6-4-10)21-13-16-18-19-17-13/h3-6,8-9H,1-2,7,14H2,(H,15,20)(H,16,17,18,19)/t8-,9+/m1/s1. The van der Waals surface area contributed by atoms with Crippen LogP contribution < -0.4 is 15.8 Å². The monoisotopic (exact) mass is 288 g/mol. The number of anilines is 1. The highest BCUT2D eigenvalue weighted by atomic mass is 16.5. The van der Waals surface area contributed by atoms with Gasteiger partial charge in [0, 0.05) is 17.6 Å². The summed E-state index contributed by atoms with van der Waals surface area (Å²) in [6, 6.07) is 7.28. The fraction of sp³-hybridized carbons (Fsp3) is 0.385. The zero-order valence-corrected chi connectivity index (χ0v) is 11.3. The number of aromatic nitrogens is 4. The zero-order chi connectivity index (χ0) is 14.7. The lowest BCUT2D eigenvalue weighted by Gasteiger charge is -2.11. The maximum Gasteiger partial charge on any atom is 0.361 e. The van der Waals surface area contributed by atoms with Crippen LogP contribution in [0.1, 0.15) is 19.3 Å². The minimum absolute atomic E-state index is 0.00950. The highest BCUT2D eigenvalue weighted by molar-refractivity contribution is 5.92. The van der Waals surface area contributed by atoms with Gasteiger partial charge in [-0.3, -0.25) is 4.79 Å². The summed E-state index contributed by atoms with van der Waals surface area (Å²) in [5.41, 5.74) is 6.55. The number of hydrogen-bond donors (Lipinski definition) is 3. The molecule has 2 aromatic rings. The maximum atomic E-state index is 12.1. The molecule has 0 spiro atoms. The van der Waals surface area contributed by atoms with Crippen LogP contribution in [-0.2, 0) is 4.79 Å². The maximum absolute atomic E-state index is 12.1. The van der Waals surface area contributed by atoms with E-state index in [0.29, 0.717) is 5.75 Å². The summed E-state index contributed by atoms with van der Waals surface area (Å²) in [4.78, 5) is 12.1. The second-order valence-corrected chi connectivity index (χ2v) is 5.08. The Bertz CT molecular complexity index is 598. The van der Waals surface area contributed by atoms with Gasteiger partial charge < -0.3 is 15.8 Å². The van der Waals surface area contributed by atoms with E-state index >= 15 is 0 Å². The highest BCUT2D eigenvalue weighted by Gasteiger charge is 2.27. The molecule has 1 aliphatic rings. The van der Waals surface area contributed by atoms with Crippen LogP contribution in [0.5, 0.6) is 11.8 Å². The van der Waals surface area contributed by atoms with Gasteiger partial charge in [0.25, 0.3) is 0 Å². The average molecular weight is 288 g/mol. The number of benzene rings is 1. The van der Waals surface area contributed by atoms with E-state index in [-0.39, 0.29) is 23.9 Å². The van der Waals surface area contributed by atoms with Crippen molar-refractivity contribution in [3.63, 3.8) is 0 Å². The summed E-state index contributed by atoms with van der Waals surface area (Å²) in [6.45, 7) is 0. The van der Waals surface area contributed by atoms with Gasteiger partial charge in [-0.1, -0.05) is 10.2 Å². The SMILES string of the molecule is N[C@H]1CC[C@@H](C(=O)Nc2ccc(Oc3nn[nH]n3)cc2)C1. The number of hydrogen-bond acceptors (Lipinski definition) is 6. The Kier molecular flexibility index (Phi) is 3.78. The summed E-state index contributed by atoms with van der Waals surface area (Å²) in [5, 5.41) is 16.0. The normalized spacial score (nSPS) is 21.2. The van der Waals surface area contributed by atoms with Crippen LogP contribution >= 0.6 is 0 Å². The van der Waals surface area contributed by atoms with Crippen LogP contribution in [0.25, 0.3) is 0 Å². The molecule has 1 aliphatic carbocycles. The van der Waals surface area contributed by atoms with E-state index in [1.807, 2.05) is 0 Å². The van der Waals surface area contributed by atoms with Crippen LogP contribution in [0, 0.1) is 5.92 Å². The van der Waals surface area contributed by atoms with Crippen molar-refractivity contribution in [2.75, 3.05) is 5.32 Å². The Balaban J connectivity index is 1.58. The third-order valence-electron chi connectivity index (χ3n) is 3.50. The molecule has 21 heavy (non-hydrogen) atoms. The van der Waals surface area contributed by atoms with Gasteiger partial charge >= 0.3 is 6.01 Å². The molecule has 1 saturated carbocycles. The van der Waals surface area contributed by atoms with E-state index in [2.05, 4.69) is 25.9 Å². The fourth-order valence-electron chi connectivity index (χ4n) is 2.41. The Hall–Kier alpha value is -2.48. The van der Waals surface area contributed by atoms with E-state index in [4.69, 9.17) is 10.5 Å². The van der Waals surface area contributed by atoms with Gasteiger partial charge in [0.05, 0.1) is 0 Å². The second-order valence-electron chi connectivity index (χ2n) is 5.08. The smallest absolute Gasteiger partial charge is 0.361 e. The second kappa shape index (κ2) is 5.88. The van der Waals surface area contributed by atoms with Crippen LogP contribution in [0.2, 0.25) is 0 Å². The third-order valence-corrected chi connectivity index (χ3v) is 3.50. The predicted molar refractivity (Wildman–Crippen MR) is 74.6 cm³/mol. The average Bonchev–Trinajstić information content (AvgIpc) is 3.12. The largest absolute Gasteiger partial charge is 0.422 e. The van der Waals surface area contributed by atoms with Crippen molar-refractivity contribution in [1.82, 2.24) is 20.6 Å². The molecule has 0 unspecified atom stereocenters.